The van der Waals surface area contributed by atoms with E-state index >= 15 is 0 Å². The van der Waals surface area contributed by atoms with Crippen molar-refractivity contribution in [2.24, 2.45) is 13.0 Å². The largest absolute Gasteiger partial charge is 0.481 e. The second-order valence-corrected chi connectivity index (χ2v) is 9.33. The van der Waals surface area contributed by atoms with E-state index in [1.54, 1.807) is 13.0 Å². The maximum atomic E-state index is 13.3. The Hall–Kier alpha value is -2.34. The van der Waals surface area contributed by atoms with Crippen molar-refractivity contribution >= 4 is 45.9 Å². The van der Waals surface area contributed by atoms with E-state index in [0.29, 0.717) is 35.2 Å². The molecular weight excluding hydrogens is 461 g/mol. The van der Waals surface area contributed by atoms with E-state index < -0.39 is 5.97 Å². The molecule has 1 aromatic heterocycles. The predicted molar refractivity (Wildman–Crippen MR) is 132 cm³/mol. The van der Waals surface area contributed by atoms with Crippen LogP contribution >= 0.6 is 23.2 Å². The molecule has 0 spiro atoms. The number of aliphatic carboxylic acids is 1. The minimum atomic E-state index is -0.899. The molecule has 0 aliphatic rings. The Morgan fingerprint density at radius 1 is 1.09 bits per heavy atom. The number of aromatic nitrogens is 1. The minimum absolute atomic E-state index is 0.0382. The van der Waals surface area contributed by atoms with Crippen molar-refractivity contribution in [3.05, 3.63) is 69.3 Å². The van der Waals surface area contributed by atoms with Crippen molar-refractivity contribution in [3.63, 3.8) is 0 Å². The molecule has 0 fully saturated rings. The third kappa shape index (κ3) is 6.59. The van der Waals surface area contributed by atoms with Crippen molar-refractivity contribution in [1.82, 2.24) is 4.57 Å². The first-order valence-corrected chi connectivity index (χ1v) is 11.9. The lowest BCUT2D eigenvalue weighted by Crippen LogP contribution is -2.12. The van der Waals surface area contributed by atoms with E-state index in [4.69, 9.17) is 33.0 Å². The first-order chi connectivity index (χ1) is 15.8. The van der Waals surface area contributed by atoms with E-state index in [2.05, 4.69) is 0 Å². The van der Waals surface area contributed by atoms with Gasteiger partial charge in [-0.1, -0.05) is 48.3 Å². The Balaban J connectivity index is 1.69. The smallest absolute Gasteiger partial charge is 0.303 e. The van der Waals surface area contributed by atoms with E-state index in [-0.39, 0.29) is 24.5 Å². The van der Waals surface area contributed by atoms with Crippen molar-refractivity contribution in [2.45, 2.75) is 45.6 Å². The Bertz CT molecular complexity index is 1140. The van der Waals surface area contributed by atoms with Gasteiger partial charge in [-0.25, -0.2) is 0 Å². The Kier molecular flexibility index (Phi) is 8.95. The number of carbonyl (C=O) groups excluding carboxylic acids is 1. The molecule has 7 heteroatoms. The van der Waals surface area contributed by atoms with Gasteiger partial charge < -0.3 is 14.4 Å². The zero-order valence-corrected chi connectivity index (χ0v) is 20.5. The molecule has 3 rings (SSSR count). The quantitative estimate of drug-likeness (QED) is 0.226. The average molecular weight is 490 g/mol. The molecule has 33 heavy (non-hydrogen) atoms. The maximum Gasteiger partial charge on any atom is 0.303 e. The molecule has 0 aliphatic heterocycles. The summed E-state index contributed by atoms with van der Waals surface area (Å²) in [7, 11) is 1.95. The summed E-state index contributed by atoms with van der Waals surface area (Å²) in [4.78, 5) is 24.3. The van der Waals surface area contributed by atoms with Crippen molar-refractivity contribution < 1.29 is 19.4 Å². The number of benzene rings is 2. The summed E-state index contributed by atoms with van der Waals surface area (Å²) in [5, 5.41) is 11.0. The summed E-state index contributed by atoms with van der Waals surface area (Å²) in [6, 6.07) is 13.2. The van der Waals surface area contributed by atoms with Gasteiger partial charge in [0.15, 0.2) is 5.78 Å². The molecule has 0 amide bonds. The number of hydrogen-bond donors (Lipinski definition) is 1. The van der Waals surface area contributed by atoms with Crippen LogP contribution in [0.3, 0.4) is 0 Å². The maximum absolute atomic E-state index is 13.3. The summed E-state index contributed by atoms with van der Waals surface area (Å²) >= 11 is 12.5. The molecule has 0 radical (unpaired) electrons. The number of nitrogens with zero attached hydrogens (tertiary/aromatic N) is 1. The Morgan fingerprint density at radius 2 is 1.85 bits per heavy atom. The van der Waals surface area contributed by atoms with Crippen LogP contribution in [0.2, 0.25) is 10.0 Å². The van der Waals surface area contributed by atoms with Crippen LogP contribution < -0.4 is 0 Å². The molecule has 0 aliphatic carbocycles. The molecule has 1 N–H and O–H groups in total. The van der Waals surface area contributed by atoms with Crippen LogP contribution in [0, 0.1) is 5.92 Å². The van der Waals surface area contributed by atoms with Crippen LogP contribution in [0.15, 0.2) is 42.5 Å². The summed E-state index contributed by atoms with van der Waals surface area (Å²) in [6.07, 6.45) is 2.54. The van der Waals surface area contributed by atoms with Gasteiger partial charge in [0.25, 0.3) is 0 Å². The number of unbranched alkanes of at least 4 members (excludes halogenated alkanes) is 1. The Morgan fingerprint density at radius 3 is 2.58 bits per heavy atom. The number of fused-ring (bicyclic) bond motifs is 1. The fourth-order valence-corrected chi connectivity index (χ4v) is 4.67. The zero-order valence-electron chi connectivity index (χ0n) is 18.9. The summed E-state index contributed by atoms with van der Waals surface area (Å²) in [5.41, 5.74) is 3.49. The molecule has 1 heterocycles. The van der Waals surface area contributed by atoms with Crippen molar-refractivity contribution in [2.75, 3.05) is 6.61 Å². The standard InChI is InChI=1S/C26H29Cl2NO4/c1-17(14-24(31)32)13-23(30)26-22(29(2)21-11-6-9-20(28)25(21)26)10-3-4-12-33-16-18-7-5-8-19(27)15-18/h5-9,11,15,17H,3-4,10,12-14,16H2,1-2H3,(H,31,32)/t17-/m0/s1. The highest BCUT2D eigenvalue weighted by Crippen LogP contribution is 2.34. The highest BCUT2D eigenvalue weighted by molar-refractivity contribution is 6.37. The van der Waals surface area contributed by atoms with Gasteiger partial charge in [-0.2, -0.15) is 0 Å². The number of Topliss-reactive ketones (excluding diaryl/α,β-unsaturated/α-hetero) is 1. The molecule has 2 aromatic carbocycles. The fourth-order valence-electron chi connectivity index (χ4n) is 4.19. The normalized spacial score (nSPS) is 12.2. The lowest BCUT2D eigenvalue weighted by atomic mass is 9.94. The minimum Gasteiger partial charge on any atom is -0.481 e. The predicted octanol–water partition coefficient (Wildman–Crippen LogP) is 6.71. The van der Waals surface area contributed by atoms with Gasteiger partial charge in [0.1, 0.15) is 0 Å². The van der Waals surface area contributed by atoms with Gasteiger partial charge >= 0.3 is 5.97 Å². The lowest BCUT2D eigenvalue weighted by Gasteiger charge is -2.11. The van der Waals surface area contributed by atoms with Gasteiger partial charge in [0.05, 0.1) is 17.1 Å². The van der Waals surface area contributed by atoms with Gasteiger partial charge in [-0.3, -0.25) is 9.59 Å². The summed E-state index contributed by atoms with van der Waals surface area (Å²) in [6.45, 7) is 2.90. The number of carboxylic acid groups (broad SMARTS) is 1. The third-order valence-corrected chi connectivity index (χ3v) is 6.29. The molecule has 1 atom stereocenters. The topological polar surface area (TPSA) is 68.5 Å². The molecule has 5 nitrogen and oxygen atoms in total. The van der Waals surface area contributed by atoms with Crippen molar-refractivity contribution in [3.8, 4) is 0 Å². The van der Waals surface area contributed by atoms with Crippen LogP contribution in [0.25, 0.3) is 10.9 Å². The van der Waals surface area contributed by atoms with Crippen LogP contribution in [0.1, 0.15) is 54.2 Å². The molecule has 3 aromatic rings. The number of ketones is 1. The number of ether oxygens (including phenoxy) is 1. The molecule has 0 bridgehead atoms. The van der Waals surface area contributed by atoms with Crippen molar-refractivity contribution in [1.29, 1.82) is 0 Å². The summed E-state index contributed by atoms with van der Waals surface area (Å²) < 4.78 is 7.81. The lowest BCUT2D eigenvalue weighted by molar-refractivity contribution is -0.137. The van der Waals surface area contributed by atoms with Crippen LogP contribution in [-0.2, 0) is 29.6 Å². The van der Waals surface area contributed by atoms with Crippen LogP contribution in [-0.4, -0.2) is 28.0 Å². The fraction of sp³-hybridized carbons (Fsp3) is 0.385. The summed E-state index contributed by atoms with van der Waals surface area (Å²) in [5.74, 6) is -1.21. The first kappa shape index (κ1) is 25.3. The Labute approximate surface area is 204 Å². The monoisotopic (exact) mass is 489 g/mol. The number of aryl methyl sites for hydroxylation is 1. The van der Waals surface area contributed by atoms with Gasteiger partial charge in [-0.15, -0.1) is 0 Å². The molecule has 176 valence electrons. The van der Waals surface area contributed by atoms with Crippen LogP contribution in [0.4, 0.5) is 0 Å². The van der Waals surface area contributed by atoms with Crippen LogP contribution in [0.5, 0.6) is 0 Å². The SMILES string of the molecule is C[C@H](CC(=O)O)CC(=O)c1c(CCCCOCc2cccc(Cl)c2)n(C)c2cccc(Cl)c12. The van der Waals surface area contributed by atoms with E-state index in [1.807, 2.05) is 48.0 Å². The second-order valence-electron chi connectivity index (χ2n) is 8.48. The highest BCUT2D eigenvalue weighted by atomic mass is 35.5. The number of hydrogen-bond acceptors (Lipinski definition) is 3. The second kappa shape index (κ2) is 11.7. The molecule has 0 saturated heterocycles. The molecule has 0 unspecified atom stereocenters. The van der Waals surface area contributed by atoms with E-state index in [0.717, 1.165) is 35.0 Å². The molecule has 0 saturated carbocycles. The molecular formula is C26H29Cl2NO4. The van der Waals surface area contributed by atoms with E-state index in [1.165, 1.54) is 0 Å². The zero-order chi connectivity index (χ0) is 24.0. The number of halogens is 2. The number of rotatable bonds is 12. The third-order valence-electron chi connectivity index (χ3n) is 5.74. The highest BCUT2D eigenvalue weighted by Gasteiger charge is 2.24. The average Bonchev–Trinajstić information content (AvgIpc) is 3.03. The number of carbonyl (C=O) groups is 2. The first-order valence-electron chi connectivity index (χ1n) is 11.1. The van der Waals surface area contributed by atoms with Gasteiger partial charge in [-0.05, 0) is 55.0 Å². The van der Waals surface area contributed by atoms with E-state index in [9.17, 15) is 9.59 Å². The van der Waals surface area contributed by atoms with Gasteiger partial charge in [0, 0.05) is 48.2 Å². The number of carboxylic acids is 1. The van der Waals surface area contributed by atoms with Gasteiger partial charge in [0.2, 0.25) is 0 Å².